The molecule has 3 N–H and O–H groups in total. The first kappa shape index (κ1) is 21.2. The third-order valence-electron chi connectivity index (χ3n) is 3.62. The molecule has 0 bridgehead atoms. The van der Waals surface area contributed by atoms with Crippen molar-refractivity contribution < 1.29 is 27.8 Å². The van der Waals surface area contributed by atoms with Crippen molar-refractivity contribution in [1.82, 2.24) is 9.97 Å². The molecule has 0 unspecified atom stereocenters. The summed E-state index contributed by atoms with van der Waals surface area (Å²) < 4.78 is 41.5. The van der Waals surface area contributed by atoms with Crippen LogP contribution in [0.5, 0.6) is 5.75 Å². The number of ether oxygens (including phenoxy) is 1. The minimum absolute atomic E-state index is 0.0356. The molecule has 3 aromatic rings. The largest absolute Gasteiger partial charge is 0.573 e. The summed E-state index contributed by atoms with van der Waals surface area (Å²) in [4.78, 5) is 19.2. The molecule has 0 saturated heterocycles. The normalized spacial score (nSPS) is 11.1. The summed E-state index contributed by atoms with van der Waals surface area (Å²) in [6, 6.07) is 13.6. The van der Waals surface area contributed by atoms with E-state index in [0.29, 0.717) is 16.3 Å². The van der Waals surface area contributed by atoms with Gasteiger partial charge >= 0.3 is 12.3 Å². The molecule has 3 rings (SSSR count). The quantitative estimate of drug-likeness (QED) is 0.481. The lowest BCUT2D eigenvalue weighted by molar-refractivity contribution is -0.274. The molecule has 0 aliphatic rings. The number of benzene rings is 2. The molecule has 0 spiro atoms. The number of rotatable bonds is 7. The van der Waals surface area contributed by atoms with E-state index in [2.05, 4.69) is 25.3 Å². The lowest BCUT2D eigenvalue weighted by Gasteiger charge is -2.13. The Bertz CT molecular complexity index is 1060. The molecule has 0 amide bonds. The number of para-hydroxylation sites is 1. The molecule has 7 nitrogen and oxygen atoms in total. The van der Waals surface area contributed by atoms with Gasteiger partial charge in [-0.15, -0.1) is 13.2 Å². The lowest BCUT2D eigenvalue weighted by atomic mass is 10.1. The molecule has 11 heteroatoms. The van der Waals surface area contributed by atoms with Crippen LogP contribution in [0, 0.1) is 0 Å². The zero-order valence-corrected chi connectivity index (χ0v) is 15.8. The minimum atomic E-state index is -4.84. The van der Waals surface area contributed by atoms with Gasteiger partial charge in [-0.05, 0) is 24.3 Å². The summed E-state index contributed by atoms with van der Waals surface area (Å²) in [5.41, 5.74) is 1.07. The number of aromatic nitrogens is 2. The SMILES string of the molecule is O=C(O)CNc1nc(Nc2ccccc2Cl)cc(-c2cccc(OC(F)(F)F)c2)n1. The van der Waals surface area contributed by atoms with E-state index < -0.39 is 24.6 Å². The number of carbonyl (C=O) groups is 1. The second-order valence-electron chi connectivity index (χ2n) is 5.89. The predicted molar refractivity (Wildman–Crippen MR) is 105 cm³/mol. The van der Waals surface area contributed by atoms with Crippen LogP contribution in [0.3, 0.4) is 0 Å². The van der Waals surface area contributed by atoms with Crippen LogP contribution in [0.4, 0.5) is 30.6 Å². The number of nitrogens with one attached hydrogen (secondary N) is 2. The van der Waals surface area contributed by atoms with Crippen molar-refractivity contribution in [3.8, 4) is 17.0 Å². The van der Waals surface area contributed by atoms with E-state index in [-0.39, 0.29) is 17.5 Å². The van der Waals surface area contributed by atoms with Crippen molar-refractivity contribution in [1.29, 1.82) is 0 Å². The van der Waals surface area contributed by atoms with E-state index >= 15 is 0 Å². The second kappa shape index (κ2) is 8.87. The molecular formula is C19H14ClF3N4O3. The smallest absolute Gasteiger partial charge is 0.480 e. The summed E-state index contributed by atoms with van der Waals surface area (Å²) in [7, 11) is 0. The fourth-order valence-corrected chi connectivity index (χ4v) is 2.63. The Kier molecular flexibility index (Phi) is 6.26. The van der Waals surface area contributed by atoms with Gasteiger partial charge < -0.3 is 20.5 Å². The lowest BCUT2D eigenvalue weighted by Crippen LogP contribution is -2.17. The Hall–Kier alpha value is -3.53. The van der Waals surface area contributed by atoms with E-state index in [1.54, 1.807) is 24.3 Å². The molecule has 156 valence electrons. The number of hydrogen-bond donors (Lipinski definition) is 3. The molecule has 1 aromatic heterocycles. The van der Waals surface area contributed by atoms with Crippen molar-refractivity contribution in [2.75, 3.05) is 17.2 Å². The van der Waals surface area contributed by atoms with Gasteiger partial charge in [-0.2, -0.15) is 4.98 Å². The highest BCUT2D eigenvalue weighted by Gasteiger charge is 2.31. The molecule has 1 heterocycles. The van der Waals surface area contributed by atoms with Crippen molar-refractivity contribution >= 4 is 35.0 Å². The van der Waals surface area contributed by atoms with Gasteiger partial charge in [0.2, 0.25) is 5.95 Å². The van der Waals surface area contributed by atoms with Crippen LogP contribution in [-0.4, -0.2) is 34.0 Å². The van der Waals surface area contributed by atoms with Gasteiger partial charge in [0.15, 0.2) is 0 Å². The van der Waals surface area contributed by atoms with Crippen LogP contribution in [0.2, 0.25) is 5.02 Å². The fraction of sp³-hybridized carbons (Fsp3) is 0.105. The molecule has 0 aliphatic heterocycles. The summed E-state index contributed by atoms with van der Waals surface area (Å²) in [6.45, 7) is -0.452. The molecule has 0 radical (unpaired) electrons. The van der Waals surface area contributed by atoms with Gasteiger partial charge in [-0.25, -0.2) is 4.98 Å². The van der Waals surface area contributed by atoms with E-state index in [1.807, 2.05) is 0 Å². The van der Waals surface area contributed by atoms with Crippen molar-refractivity contribution in [2.45, 2.75) is 6.36 Å². The van der Waals surface area contributed by atoms with Crippen molar-refractivity contribution in [3.05, 3.63) is 59.6 Å². The fourth-order valence-electron chi connectivity index (χ4n) is 2.45. The Morgan fingerprint density at radius 1 is 1.10 bits per heavy atom. The summed E-state index contributed by atoms with van der Waals surface area (Å²) in [5, 5.41) is 14.8. The molecule has 0 saturated carbocycles. The van der Waals surface area contributed by atoms with Gasteiger partial charge in [0, 0.05) is 11.6 Å². The number of anilines is 3. The second-order valence-corrected chi connectivity index (χ2v) is 6.30. The van der Waals surface area contributed by atoms with Crippen LogP contribution >= 0.6 is 11.6 Å². The monoisotopic (exact) mass is 438 g/mol. The Morgan fingerprint density at radius 3 is 2.57 bits per heavy atom. The van der Waals surface area contributed by atoms with E-state index in [1.165, 1.54) is 18.2 Å². The number of aliphatic carboxylic acids is 1. The average molecular weight is 439 g/mol. The number of carboxylic acid groups (broad SMARTS) is 1. The van der Waals surface area contributed by atoms with E-state index in [0.717, 1.165) is 12.1 Å². The highest BCUT2D eigenvalue weighted by molar-refractivity contribution is 6.33. The number of hydrogen-bond acceptors (Lipinski definition) is 6. The van der Waals surface area contributed by atoms with Crippen LogP contribution in [-0.2, 0) is 4.79 Å². The standard InChI is InChI=1S/C19H14ClF3N4O3/c20-13-6-1-2-7-14(13)25-16-9-15(26-18(27-16)24-10-17(28)29)11-4-3-5-12(8-11)30-19(21,22)23/h1-9H,10H2,(H,28,29)(H2,24,25,26,27). The van der Waals surface area contributed by atoms with Crippen molar-refractivity contribution in [3.63, 3.8) is 0 Å². The first-order valence-electron chi connectivity index (χ1n) is 8.42. The molecule has 30 heavy (non-hydrogen) atoms. The van der Waals surface area contributed by atoms with Crippen LogP contribution < -0.4 is 15.4 Å². The Morgan fingerprint density at radius 2 is 1.87 bits per heavy atom. The zero-order chi connectivity index (χ0) is 21.7. The molecule has 0 fully saturated rings. The van der Waals surface area contributed by atoms with Crippen LogP contribution in [0.25, 0.3) is 11.3 Å². The number of alkyl halides is 3. The third-order valence-corrected chi connectivity index (χ3v) is 3.95. The topological polar surface area (TPSA) is 96.4 Å². The maximum atomic E-state index is 12.5. The minimum Gasteiger partial charge on any atom is -0.480 e. The van der Waals surface area contributed by atoms with Crippen molar-refractivity contribution in [2.24, 2.45) is 0 Å². The number of nitrogens with zero attached hydrogens (tertiary/aromatic N) is 2. The molecule has 0 atom stereocenters. The molecule has 2 aromatic carbocycles. The Labute approximate surface area is 173 Å². The van der Waals surface area contributed by atoms with E-state index in [4.69, 9.17) is 16.7 Å². The van der Waals surface area contributed by atoms with Gasteiger partial charge in [-0.1, -0.05) is 35.9 Å². The van der Waals surface area contributed by atoms with Crippen LogP contribution in [0.1, 0.15) is 0 Å². The highest BCUT2D eigenvalue weighted by Crippen LogP contribution is 2.30. The third kappa shape index (κ3) is 5.98. The van der Waals surface area contributed by atoms with Gasteiger partial charge in [0.1, 0.15) is 18.1 Å². The zero-order valence-electron chi connectivity index (χ0n) is 15.1. The van der Waals surface area contributed by atoms with Crippen LogP contribution in [0.15, 0.2) is 54.6 Å². The van der Waals surface area contributed by atoms with Gasteiger partial charge in [0.05, 0.1) is 16.4 Å². The summed E-state index contributed by atoms with van der Waals surface area (Å²) in [6.07, 6.45) is -4.84. The van der Waals surface area contributed by atoms with E-state index in [9.17, 15) is 18.0 Å². The summed E-state index contributed by atoms with van der Waals surface area (Å²) >= 11 is 6.13. The molecule has 0 aliphatic carbocycles. The summed E-state index contributed by atoms with van der Waals surface area (Å²) in [5.74, 6) is -1.33. The van der Waals surface area contributed by atoms with Gasteiger partial charge in [-0.3, -0.25) is 4.79 Å². The van der Waals surface area contributed by atoms with Gasteiger partial charge in [0.25, 0.3) is 0 Å². The Balaban J connectivity index is 1.98. The number of carboxylic acids is 1. The average Bonchev–Trinajstić information content (AvgIpc) is 2.67. The molecular weight excluding hydrogens is 425 g/mol. The maximum Gasteiger partial charge on any atom is 0.573 e. The predicted octanol–water partition coefficient (Wildman–Crippen LogP) is 4.94. The maximum absolute atomic E-state index is 12.5. The first-order chi connectivity index (χ1) is 14.2. The number of halogens is 4. The first-order valence-corrected chi connectivity index (χ1v) is 8.80. The highest BCUT2D eigenvalue weighted by atomic mass is 35.5.